The number of hydrogen-bond acceptors (Lipinski definition) is 10. The second-order valence-corrected chi connectivity index (χ2v) is 9.47. The van der Waals surface area contributed by atoms with Crippen LogP contribution in [0.1, 0.15) is 59.6 Å². The van der Waals surface area contributed by atoms with Crippen molar-refractivity contribution in [1.82, 2.24) is 64.4 Å². The Bertz CT molecular complexity index is 1980. The molecule has 0 amide bonds. The van der Waals surface area contributed by atoms with Crippen molar-refractivity contribution < 1.29 is 0 Å². The summed E-state index contributed by atoms with van der Waals surface area (Å²) < 4.78 is 7.46. The van der Waals surface area contributed by atoms with Gasteiger partial charge in [-0.05, 0) is 75.3 Å². The molecule has 0 saturated carbocycles. The van der Waals surface area contributed by atoms with Gasteiger partial charge in [0.2, 0.25) is 0 Å². The molecule has 16 heteroatoms. The molecule has 0 aliphatic heterocycles. The SMILES string of the molecule is C/C=C\n1nnn(-c2ccncc2)c1=O.C/C=C\n1nnn(Cc2ccccc2)c1=O.C/C=C\n1nnn(Cc2ccccc2)c1=O.CC.CC. The number of pyridine rings is 1. The van der Waals surface area contributed by atoms with Gasteiger partial charge >= 0.3 is 17.1 Å². The third-order valence-electron chi connectivity index (χ3n) is 6.05. The van der Waals surface area contributed by atoms with E-state index in [4.69, 9.17) is 0 Å². The van der Waals surface area contributed by atoms with Gasteiger partial charge in [-0.15, -0.1) is 0 Å². The largest absolute Gasteiger partial charge is 0.372 e. The fourth-order valence-corrected chi connectivity index (χ4v) is 3.89. The minimum atomic E-state index is -0.306. The average molecular weight is 696 g/mol. The van der Waals surface area contributed by atoms with E-state index in [1.165, 1.54) is 28.1 Å². The van der Waals surface area contributed by atoms with E-state index >= 15 is 0 Å². The van der Waals surface area contributed by atoms with E-state index in [9.17, 15) is 14.4 Å². The first-order valence-corrected chi connectivity index (χ1v) is 16.4. The van der Waals surface area contributed by atoms with Crippen molar-refractivity contribution >= 4 is 18.6 Å². The predicted octanol–water partition coefficient (Wildman–Crippen LogP) is 4.32. The predicted molar refractivity (Wildman–Crippen MR) is 199 cm³/mol. The zero-order valence-corrected chi connectivity index (χ0v) is 30.0. The van der Waals surface area contributed by atoms with Crippen molar-refractivity contribution in [3.8, 4) is 5.69 Å². The summed E-state index contributed by atoms with van der Waals surface area (Å²) in [7, 11) is 0. The van der Waals surface area contributed by atoms with Gasteiger partial charge in [-0.25, -0.2) is 14.4 Å². The summed E-state index contributed by atoms with van der Waals surface area (Å²) >= 11 is 0. The average Bonchev–Trinajstić information content (AvgIpc) is 3.84. The molecule has 0 fully saturated rings. The lowest BCUT2D eigenvalue weighted by Crippen LogP contribution is -2.23. The number of allylic oxidation sites excluding steroid dienone is 3. The Morgan fingerprint density at radius 2 is 0.863 bits per heavy atom. The van der Waals surface area contributed by atoms with Crippen molar-refractivity contribution in [2.75, 3.05) is 0 Å². The molecule has 0 saturated heterocycles. The van der Waals surface area contributed by atoms with Gasteiger partial charge in [-0.2, -0.15) is 28.1 Å². The minimum Gasteiger partial charge on any atom is -0.265 e. The second kappa shape index (κ2) is 22.9. The zero-order chi connectivity index (χ0) is 37.4. The fraction of sp³-hybridized carbons (Fsp3) is 0.257. The Balaban J connectivity index is 0.000000252. The summed E-state index contributed by atoms with van der Waals surface area (Å²) in [6, 6.07) is 22.7. The summed E-state index contributed by atoms with van der Waals surface area (Å²) in [5, 5.41) is 22.5. The fourth-order valence-electron chi connectivity index (χ4n) is 3.89. The van der Waals surface area contributed by atoms with Gasteiger partial charge in [0, 0.05) is 31.0 Å². The standard InChI is InChI=1S/2C11H12N4O.C9H9N5O.2C2H6/c2*1-2-8-14-11(16)15(13-12-14)9-10-6-4-3-5-7-10;1-2-7-13-9(15)14(12-11-13)8-3-5-10-6-4-8;2*1-2/h2*2-8H,9H2,1H3;2-7H,1H3;2*1-2H3/b2*8-2-;7-2-;;. The third-order valence-corrected chi connectivity index (χ3v) is 6.05. The molecule has 6 aromatic rings. The minimum absolute atomic E-state index is 0.234. The Kier molecular flexibility index (Phi) is 18.2. The molecule has 0 aliphatic carbocycles. The van der Waals surface area contributed by atoms with Crippen LogP contribution in [0.2, 0.25) is 0 Å². The maximum atomic E-state index is 11.7. The number of aromatic nitrogens is 13. The molecule has 4 aromatic heterocycles. The maximum absolute atomic E-state index is 11.7. The van der Waals surface area contributed by atoms with Gasteiger partial charge < -0.3 is 0 Å². The summed E-state index contributed by atoms with van der Waals surface area (Å²) in [4.78, 5) is 39.0. The molecule has 2 aromatic carbocycles. The third kappa shape index (κ3) is 12.4. The number of tetrazole rings is 3. The topological polar surface area (TPSA) is 171 Å². The number of hydrogen-bond donors (Lipinski definition) is 0. The van der Waals surface area contributed by atoms with Gasteiger partial charge in [0.05, 0.1) is 18.8 Å². The van der Waals surface area contributed by atoms with E-state index in [0.29, 0.717) is 18.8 Å². The highest BCUT2D eigenvalue weighted by Crippen LogP contribution is 2.00. The number of benzene rings is 2. The molecule has 268 valence electrons. The van der Waals surface area contributed by atoms with Gasteiger partial charge in [-0.3, -0.25) is 4.98 Å². The van der Waals surface area contributed by atoms with Crippen LogP contribution in [0.4, 0.5) is 0 Å². The summed E-state index contributed by atoms with van der Waals surface area (Å²) in [5.41, 5.74) is 1.92. The second-order valence-electron chi connectivity index (χ2n) is 9.47. The molecule has 0 N–H and O–H groups in total. The molecule has 0 spiro atoms. The molecule has 16 nitrogen and oxygen atoms in total. The Hall–Kier alpha value is -6.58. The van der Waals surface area contributed by atoms with E-state index < -0.39 is 0 Å². The van der Waals surface area contributed by atoms with Crippen molar-refractivity contribution in [3.63, 3.8) is 0 Å². The van der Waals surface area contributed by atoms with Crippen LogP contribution in [0.25, 0.3) is 24.3 Å². The van der Waals surface area contributed by atoms with E-state index in [-0.39, 0.29) is 17.1 Å². The van der Waals surface area contributed by atoms with Crippen molar-refractivity contribution in [2.45, 2.75) is 61.6 Å². The quantitative estimate of drug-likeness (QED) is 0.223. The smallest absolute Gasteiger partial charge is 0.265 e. The highest BCUT2D eigenvalue weighted by atomic mass is 16.2. The summed E-state index contributed by atoms with van der Waals surface area (Å²) in [6.07, 6.45) is 13.1. The lowest BCUT2D eigenvalue weighted by atomic mass is 10.2. The highest BCUT2D eigenvalue weighted by Gasteiger charge is 2.06. The highest BCUT2D eigenvalue weighted by molar-refractivity contribution is 5.27. The van der Waals surface area contributed by atoms with Gasteiger partial charge in [0.1, 0.15) is 0 Å². The molecular weight excluding hydrogens is 650 g/mol. The summed E-state index contributed by atoms with van der Waals surface area (Å²) in [6.45, 7) is 14.3. The molecule has 0 atom stereocenters. The van der Waals surface area contributed by atoms with Crippen molar-refractivity contribution in [1.29, 1.82) is 0 Å². The first-order chi connectivity index (χ1) is 24.9. The van der Waals surface area contributed by atoms with E-state index in [0.717, 1.165) is 11.1 Å². The van der Waals surface area contributed by atoms with Gasteiger partial charge in [0.15, 0.2) is 0 Å². The Labute approximate surface area is 295 Å². The molecule has 6 rings (SSSR count). The molecule has 0 unspecified atom stereocenters. The van der Waals surface area contributed by atoms with Crippen LogP contribution < -0.4 is 17.1 Å². The van der Waals surface area contributed by atoms with Crippen LogP contribution in [0.15, 0.2) is 118 Å². The first kappa shape index (κ1) is 40.6. The van der Waals surface area contributed by atoms with Crippen LogP contribution >= 0.6 is 0 Å². The molecule has 0 bridgehead atoms. The zero-order valence-electron chi connectivity index (χ0n) is 30.0. The molecule has 0 radical (unpaired) electrons. The van der Waals surface area contributed by atoms with Crippen LogP contribution in [0.3, 0.4) is 0 Å². The van der Waals surface area contributed by atoms with Crippen molar-refractivity contribution in [3.05, 3.63) is 146 Å². The number of nitrogens with zero attached hydrogens (tertiary/aromatic N) is 13. The maximum Gasteiger partial charge on any atom is 0.372 e. The van der Waals surface area contributed by atoms with E-state index in [1.807, 2.05) is 102 Å². The lowest BCUT2D eigenvalue weighted by molar-refractivity contribution is 0.632. The van der Waals surface area contributed by atoms with E-state index in [1.54, 1.807) is 68.3 Å². The number of rotatable bonds is 8. The van der Waals surface area contributed by atoms with Crippen molar-refractivity contribution in [2.24, 2.45) is 0 Å². The van der Waals surface area contributed by atoms with Gasteiger partial charge in [-0.1, -0.05) is 107 Å². The van der Waals surface area contributed by atoms with Gasteiger partial charge in [0.25, 0.3) is 0 Å². The lowest BCUT2D eigenvalue weighted by Gasteiger charge is -1.97. The van der Waals surface area contributed by atoms with Crippen LogP contribution in [-0.2, 0) is 13.1 Å². The van der Waals surface area contributed by atoms with Crippen LogP contribution in [-0.4, -0.2) is 64.4 Å². The monoisotopic (exact) mass is 695 g/mol. The molecule has 0 aliphatic rings. The van der Waals surface area contributed by atoms with Crippen LogP contribution in [0.5, 0.6) is 0 Å². The van der Waals surface area contributed by atoms with Crippen LogP contribution in [0, 0.1) is 0 Å². The van der Waals surface area contributed by atoms with E-state index in [2.05, 4.69) is 36.3 Å². The normalized spacial score (nSPS) is 10.4. The molecule has 51 heavy (non-hydrogen) atoms. The Morgan fingerprint density at radius 1 is 0.490 bits per heavy atom. The Morgan fingerprint density at radius 3 is 1.25 bits per heavy atom. The first-order valence-electron chi connectivity index (χ1n) is 16.4. The molecular formula is C35H45N13O3. The molecule has 4 heterocycles. The summed E-state index contributed by atoms with van der Waals surface area (Å²) in [5.74, 6) is 0.